The number of anilines is 1. The van der Waals surface area contributed by atoms with Crippen molar-refractivity contribution in [2.75, 3.05) is 4.31 Å². The van der Waals surface area contributed by atoms with Gasteiger partial charge in [0.25, 0.3) is 15.7 Å². The molecule has 2 aromatic rings. The number of sulfonamides is 1. The lowest BCUT2D eigenvalue weighted by Gasteiger charge is -2.30. The Labute approximate surface area is 157 Å². The third kappa shape index (κ3) is 3.92. The van der Waals surface area contributed by atoms with E-state index in [1.807, 2.05) is 13.8 Å². The van der Waals surface area contributed by atoms with Crippen LogP contribution in [0.3, 0.4) is 0 Å². The van der Waals surface area contributed by atoms with E-state index in [0.717, 1.165) is 16.4 Å². The summed E-state index contributed by atoms with van der Waals surface area (Å²) in [5, 5.41) is 20.8. The van der Waals surface area contributed by atoms with Crippen molar-refractivity contribution in [1.29, 1.82) is 0 Å². The molecule has 8 nitrogen and oxygen atoms in total. The maximum absolute atomic E-state index is 13.3. The van der Waals surface area contributed by atoms with Gasteiger partial charge < -0.3 is 5.11 Å². The molecule has 1 atom stereocenters. The lowest BCUT2D eigenvalue weighted by atomic mass is 10.0. The van der Waals surface area contributed by atoms with Crippen LogP contribution in [0.25, 0.3) is 0 Å². The Morgan fingerprint density at radius 3 is 2.19 bits per heavy atom. The minimum absolute atomic E-state index is 0.0920. The summed E-state index contributed by atoms with van der Waals surface area (Å²) in [7, 11) is -4.52. The van der Waals surface area contributed by atoms with E-state index in [1.165, 1.54) is 25.1 Å². The molecule has 0 saturated carbocycles. The summed E-state index contributed by atoms with van der Waals surface area (Å²) in [6.07, 6.45) is 0. The highest BCUT2D eigenvalue weighted by Crippen LogP contribution is 2.35. The second kappa shape index (κ2) is 7.75. The molecule has 0 amide bonds. The van der Waals surface area contributed by atoms with E-state index in [2.05, 4.69) is 0 Å². The minimum atomic E-state index is -4.52. The highest BCUT2D eigenvalue weighted by molar-refractivity contribution is 7.93. The number of rotatable bonds is 7. The van der Waals surface area contributed by atoms with Gasteiger partial charge in [-0.3, -0.25) is 14.4 Å². The number of carboxylic acids is 1. The fraction of sp³-hybridized carbons (Fsp3) is 0.278. The maximum atomic E-state index is 13.3. The van der Waals surface area contributed by atoms with Crippen LogP contribution in [0.4, 0.5) is 11.4 Å². The Kier molecular flexibility index (Phi) is 5.85. The Bertz CT molecular complexity index is 971. The van der Waals surface area contributed by atoms with E-state index < -0.39 is 37.5 Å². The lowest BCUT2D eigenvalue weighted by Crippen LogP contribution is -2.44. The van der Waals surface area contributed by atoms with Crippen LogP contribution in [0.2, 0.25) is 0 Å². The lowest BCUT2D eigenvalue weighted by molar-refractivity contribution is -0.387. The van der Waals surface area contributed by atoms with Gasteiger partial charge in [-0.25, -0.2) is 13.2 Å². The van der Waals surface area contributed by atoms with Gasteiger partial charge in [0.05, 0.1) is 10.6 Å². The Morgan fingerprint density at radius 2 is 1.63 bits per heavy atom. The second-order valence-electron chi connectivity index (χ2n) is 6.25. The van der Waals surface area contributed by atoms with Crippen molar-refractivity contribution in [1.82, 2.24) is 0 Å². The molecular formula is C18H20N2O6S. The van der Waals surface area contributed by atoms with Gasteiger partial charge in [-0.05, 0) is 30.5 Å². The van der Waals surface area contributed by atoms with Crippen LogP contribution >= 0.6 is 0 Å². The number of hydrogen-bond donors (Lipinski definition) is 1. The normalized spacial score (nSPS) is 12.6. The van der Waals surface area contributed by atoms with Gasteiger partial charge in [-0.2, -0.15) is 0 Å². The molecule has 0 aliphatic carbocycles. The van der Waals surface area contributed by atoms with Crippen LogP contribution < -0.4 is 4.31 Å². The van der Waals surface area contributed by atoms with Crippen molar-refractivity contribution in [3.05, 3.63) is 64.2 Å². The Morgan fingerprint density at radius 1 is 1.07 bits per heavy atom. The first-order valence-electron chi connectivity index (χ1n) is 8.18. The second-order valence-corrected chi connectivity index (χ2v) is 8.04. The van der Waals surface area contributed by atoms with E-state index in [4.69, 9.17) is 0 Å². The van der Waals surface area contributed by atoms with Crippen molar-refractivity contribution >= 4 is 27.4 Å². The molecule has 2 rings (SSSR count). The molecule has 0 aromatic heterocycles. The molecule has 0 radical (unpaired) electrons. The summed E-state index contributed by atoms with van der Waals surface area (Å²) in [6, 6.07) is 9.95. The summed E-state index contributed by atoms with van der Waals surface area (Å²) in [5.41, 5.74) is 0.190. The average molecular weight is 392 g/mol. The van der Waals surface area contributed by atoms with Crippen LogP contribution in [-0.2, 0) is 14.8 Å². The Balaban J connectivity index is 2.81. The van der Waals surface area contributed by atoms with Gasteiger partial charge in [0.2, 0.25) is 0 Å². The molecule has 27 heavy (non-hydrogen) atoms. The average Bonchev–Trinajstić information content (AvgIpc) is 2.61. The molecule has 0 spiro atoms. The zero-order valence-electron chi connectivity index (χ0n) is 15.1. The molecule has 2 aromatic carbocycles. The first-order valence-corrected chi connectivity index (χ1v) is 9.62. The van der Waals surface area contributed by atoms with Crippen molar-refractivity contribution in [3.63, 3.8) is 0 Å². The number of hydrogen-bond acceptors (Lipinski definition) is 5. The van der Waals surface area contributed by atoms with Crippen LogP contribution in [0.5, 0.6) is 0 Å². The molecule has 1 unspecified atom stereocenters. The zero-order chi connectivity index (χ0) is 20.4. The van der Waals surface area contributed by atoms with E-state index in [-0.39, 0.29) is 11.6 Å². The summed E-state index contributed by atoms with van der Waals surface area (Å²) >= 11 is 0. The van der Waals surface area contributed by atoms with Gasteiger partial charge in [-0.1, -0.05) is 44.2 Å². The Hall–Kier alpha value is -2.94. The van der Waals surface area contributed by atoms with Crippen LogP contribution in [0.15, 0.2) is 53.4 Å². The van der Waals surface area contributed by atoms with Crippen LogP contribution in [0, 0.1) is 10.1 Å². The van der Waals surface area contributed by atoms with Crippen LogP contribution in [0.1, 0.15) is 32.3 Å². The van der Waals surface area contributed by atoms with Gasteiger partial charge in [-0.15, -0.1) is 0 Å². The number of para-hydroxylation sites is 2. The molecule has 144 valence electrons. The molecule has 0 aliphatic rings. The summed E-state index contributed by atoms with van der Waals surface area (Å²) in [4.78, 5) is 21.6. The van der Waals surface area contributed by atoms with Gasteiger partial charge in [0.15, 0.2) is 4.90 Å². The third-order valence-corrected chi connectivity index (χ3v) is 6.04. The molecule has 0 saturated heterocycles. The number of nitro groups is 1. The zero-order valence-corrected chi connectivity index (χ0v) is 15.9. The fourth-order valence-electron chi connectivity index (χ4n) is 2.76. The third-order valence-electron chi connectivity index (χ3n) is 4.10. The molecule has 1 N–H and O–H groups in total. The minimum Gasteiger partial charge on any atom is -0.480 e. The highest BCUT2D eigenvalue weighted by atomic mass is 32.2. The van der Waals surface area contributed by atoms with Gasteiger partial charge >= 0.3 is 5.97 Å². The van der Waals surface area contributed by atoms with Crippen molar-refractivity contribution in [2.24, 2.45) is 0 Å². The molecule has 0 heterocycles. The number of carbonyl (C=O) groups is 1. The van der Waals surface area contributed by atoms with E-state index in [1.54, 1.807) is 18.2 Å². The van der Waals surface area contributed by atoms with E-state index >= 15 is 0 Å². The number of benzene rings is 2. The van der Waals surface area contributed by atoms with E-state index in [0.29, 0.717) is 5.56 Å². The predicted molar refractivity (Wildman–Crippen MR) is 100 cm³/mol. The van der Waals surface area contributed by atoms with Crippen molar-refractivity contribution in [3.8, 4) is 0 Å². The number of nitro benzene ring substituents is 1. The molecule has 0 aliphatic heterocycles. The van der Waals surface area contributed by atoms with Crippen molar-refractivity contribution in [2.45, 2.75) is 37.6 Å². The molecule has 0 fully saturated rings. The molecular weight excluding hydrogens is 372 g/mol. The van der Waals surface area contributed by atoms with Crippen molar-refractivity contribution < 1.29 is 23.2 Å². The fourth-order valence-corrected chi connectivity index (χ4v) is 4.56. The largest absolute Gasteiger partial charge is 0.480 e. The molecule has 9 heteroatoms. The summed E-state index contributed by atoms with van der Waals surface area (Å²) in [5.74, 6) is -1.46. The summed E-state index contributed by atoms with van der Waals surface area (Å²) < 4.78 is 27.4. The standard InChI is InChI=1S/C18H20N2O6S/c1-12(2)14-8-4-5-9-15(14)19(13(3)18(21)22)27(25,26)17-11-7-6-10-16(17)20(23)24/h4-13H,1-3H3,(H,21,22). The predicted octanol–water partition coefficient (Wildman–Crippen LogP) is 3.39. The number of nitrogens with zero attached hydrogens (tertiary/aromatic N) is 2. The quantitative estimate of drug-likeness (QED) is 0.570. The smallest absolute Gasteiger partial charge is 0.327 e. The topological polar surface area (TPSA) is 118 Å². The van der Waals surface area contributed by atoms with Crippen LogP contribution in [-0.4, -0.2) is 30.5 Å². The molecule has 0 bridgehead atoms. The number of carboxylic acid groups (broad SMARTS) is 1. The maximum Gasteiger partial charge on any atom is 0.327 e. The first-order chi connectivity index (χ1) is 12.6. The monoisotopic (exact) mass is 392 g/mol. The van der Waals surface area contributed by atoms with Gasteiger partial charge in [0.1, 0.15) is 6.04 Å². The van der Waals surface area contributed by atoms with E-state index in [9.17, 15) is 28.4 Å². The van der Waals surface area contributed by atoms with Gasteiger partial charge in [0, 0.05) is 6.07 Å². The summed E-state index contributed by atoms with van der Waals surface area (Å²) in [6.45, 7) is 4.92. The SMILES string of the molecule is CC(C)c1ccccc1N(C(C)C(=O)O)S(=O)(=O)c1ccccc1[N+](=O)[O-]. The number of aliphatic carboxylic acids is 1. The first kappa shape index (κ1) is 20.4. The highest BCUT2D eigenvalue weighted by Gasteiger charge is 2.38.